The fourth-order valence-electron chi connectivity index (χ4n) is 2.61. The first-order valence-corrected chi connectivity index (χ1v) is 8.58. The SMILES string of the molecule is CCCCCCCC(C)(CCCC)OCc1ncnn1C. The van der Waals surface area contributed by atoms with Crippen molar-refractivity contribution >= 4 is 0 Å². The van der Waals surface area contributed by atoms with Gasteiger partial charge in [0, 0.05) is 7.05 Å². The molecule has 4 heteroatoms. The number of hydrogen-bond acceptors (Lipinski definition) is 3. The van der Waals surface area contributed by atoms with Crippen LogP contribution < -0.4 is 0 Å². The van der Waals surface area contributed by atoms with E-state index >= 15 is 0 Å². The van der Waals surface area contributed by atoms with Crippen molar-refractivity contribution in [2.24, 2.45) is 7.05 Å². The molecule has 0 aliphatic heterocycles. The Kier molecular flexibility index (Phi) is 8.58. The van der Waals surface area contributed by atoms with Gasteiger partial charge in [0.1, 0.15) is 12.9 Å². The molecule has 1 aromatic heterocycles. The van der Waals surface area contributed by atoms with Gasteiger partial charge in [-0.3, -0.25) is 4.68 Å². The van der Waals surface area contributed by atoms with Crippen LogP contribution in [-0.2, 0) is 18.4 Å². The highest BCUT2D eigenvalue weighted by Gasteiger charge is 2.24. The van der Waals surface area contributed by atoms with Gasteiger partial charge in [0.05, 0.1) is 5.60 Å². The first kappa shape index (κ1) is 18.1. The van der Waals surface area contributed by atoms with Crippen LogP contribution in [0.5, 0.6) is 0 Å². The van der Waals surface area contributed by atoms with Gasteiger partial charge in [0.15, 0.2) is 5.82 Å². The van der Waals surface area contributed by atoms with Crippen LogP contribution in [0.15, 0.2) is 6.33 Å². The zero-order valence-corrected chi connectivity index (χ0v) is 14.4. The van der Waals surface area contributed by atoms with Crippen molar-refractivity contribution in [3.63, 3.8) is 0 Å². The highest BCUT2D eigenvalue weighted by Crippen LogP contribution is 2.27. The Bertz CT molecular complexity index is 378. The lowest BCUT2D eigenvalue weighted by atomic mass is 9.92. The van der Waals surface area contributed by atoms with Gasteiger partial charge >= 0.3 is 0 Å². The molecular formula is C17H33N3O. The van der Waals surface area contributed by atoms with E-state index in [0.717, 1.165) is 18.7 Å². The average molecular weight is 295 g/mol. The molecule has 4 nitrogen and oxygen atoms in total. The van der Waals surface area contributed by atoms with Crippen LogP contribution in [0.4, 0.5) is 0 Å². The Morgan fingerprint density at radius 3 is 2.33 bits per heavy atom. The molecule has 1 atom stereocenters. The summed E-state index contributed by atoms with van der Waals surface area (Å²) in [5, 5.41) is 4.10. The molecule has 1 rings (SSSR count). The number of unbranched alkanes of at least 4 members (excludes halogenated alkanes) is 5. The molecule has 0 amide bonds. The third-order valence-corrected chi connectivity index (χ3v) is 4.22. The summed E-state index contributed by atoms with van der Waals surface area (Å²) >= 11 is 0. The smallest absolute Gasteiger partial charge is 0.152 e. The fraction of sp³-hybridized carbons (Fsp3) is 0.882. The third-order valence-electron chi connectivity index (χ3n) is 4.22. The number of ether oxygens (including phenoxy) is 1. The van der Waals surface area contributed by atoms with E-state index in [1.54, 1.807) is 11.0 Å². The molecule has 122 valence electrons. The van der Waals surface area contributed by atoms with Gasteiger partial charge in [-0.1, -0.05) is 58.8 Å². The number of rotatable bonds is 12. The van der Waals surface area contributed by atoms with Gasteiger partial charge in [0.25, 0.3) is 0 Å². The monoisotopic (exact) mass is 295 g/mol. The van der Waals surface area contributed by atoms with Crippen LogP contribution >= 0.6 is 0 Å². The molecule has 0 N–H and O–H groups in total. The predicted octanol–water partition coefficient (Wildman–Crippen LogP) is 4.64. The standard InChI is InChI=1S/C17H33N3O/c1-5-7-9-10-11-13-17(3,12-8-6-2)21-14-16-18-15-19-20(16)4/h15H,5-14H2,1-4H3. The minimum Gasteiger partial charge on any atom is -0.367 e. The van der Waals surface area contributed by atoms with Crippen LogP contribution in [0.2, 0.25) is 0 Å². The molecule has 0 radical (unpaired) electrons. The molecule has 0 saturated heterocycles. The van der Waals surface area contributed by atoms with Crippen molar-refractivity contribution in [1.82, 2.24) is 14.8 Å². The lowest BCUT2D eigenvalue weighted by Crippen LogP contribution is -2.29. The molecule has 1 unspecified atom stereocenters. The van der Waals surface area contributed by atoms with E-state index in [1.165, 1.54) is 44.9 Å². The van der Waals surface area contributed by atoms with Crippen molar-refractivity contribution in [2.45, 2.75) is 90.8 Å². The number of nitrogens with zero attached hydrogens (tertiary/aromatic N) is 3. The second-order valence-electron chi connectivity index (χ2n) is 6.31. The summed E-state index contributed by atoms with van der Waals surface area (Å²) in [7, 11) is 1.92. The molecule has 0 aromatic carbocycles. The summed E-state index contributed by atoms with van der Waals surface area (Å²) in [6.45, 7) is 7.32. The van der Waals surface area contributed by atoms with Gasteiger partial charge < -0.3 is 4.74 Å². The summed E-state index contributed by atoms with van der Waals surface area (Å²) in [5.74, 6) is 0.906. The molecule has 0 aliphatic rings. The van der Waals surface area contributed by atoms with Crippen molar-refractivity contribution in [2.75, 3.05) is 0 Å². The van der Waals surface area contributed by atoms with E-state index in [2.05, 4.69) is 30.9 Å². The van der Waals surface area contributed by atoms with E-state index in [1.807, 2.05) is 7.05 Å². The largest absolute Gasteiger partial charge is 0.367 e. The lowest BCUT2D eigenvalue weighted by molar-refractivity contribution is -0.0608. The van der Waals surface area contributed by atoms with E-state index in [4.69, 9.17) is 4.74 Å². The first-order valence-electron chi connectivity index (χ1n) is 8.58. The number of hydrogen-bond donors (Lipinski definition) is 0. The zero-order chi connectivity index (χ0) is 15.6. The second-order valence-corrected chi connectivity index (χ2v) is 6.31. The summed E-state index contributed by atoms with van der Waals surface area (Å²) in [4.78, 5) is 4.25. The number of aromatic nitrogens is 3. The van der Waals surface area contributed by atoms with Gasteiger partial charge in [0.2, 0.25) is 0 Å². The predicted molar refractivity (Wildman–Crippen MR) is 87.1 cm³/mol. The minimum atomic E-state index is -0.0197. The summed E-state index contributed by atoms with van der Waals surface area (Å²) in [6.07, 6.45) is 12.9. The molecule has 0 bridgehead atoms. The van der Waals surface area contributed by atoms with Crippen LogP contribution in [0.25, 0.3) is 0 Å². The second kappa shape index (κ2) is 9.93. The maximum atomic E-state index is 6.24. The summed E-state index contributed by atoms with van der Waals surface area (Å²) in [6, 6.07) is 0. The first-order chi connectivity index (χ1) is 10.1. The van der Waals surface area contributed by atoms with Crippen molar-refractivity contribution in [1.29, 1.82) is 0 Å². The van der Waals surface area contributed by atoms with Gasteiger partial charge in [-0.25, -0.2) is 4.98 Å². The topological polar surface area (TPSA) is 39.9 Å². The van der Waals surface area contributed by atoms with Crippen LogP contribution in [0.1, 0.15) is 84.4 Å². The molecule has 0 fully saturated rings. The molecule has 21 heavy (non-hydrogen) atoms. The molecular weight excluding hydrogens is 262 g/mol. The average Bonchev–Trinajstić information content (AvgIpc) is 2.88. The van der Waals surface area contributed by atoms with Crippen molar-refractivity contribution in [3.05, 3.63) is 12.2 Å². The quantitative estimate of drug-likeness (QED) is 0.527. The maximum Gasteiger partial charge on any atom is 0.152 e. The zero-order valence-electron chi connectivity index (χ0n) is 14.4. The Morgan fingerprint density at radius 2 is 1.71 bits per heavy atom. The highest BCUT2D eigenvalue weighted by atomic mass is 16.5. The van der Waals surface area contributed by atoms with Crippen LogP contribution in [-0.4, -0.2) is 20.4 Å². The van der Waals surface area contributed by atoms with E-state index in [-0.39, 0.29) is 5.60 Å². The Hall–Kier alpha value is -0.900. The summed E-state index contributed by atoms with van der Waals surface area (Å²) in [5.41, 5.74) is -0.0197. The van der Waals surface area contributed by atoms with Gasteiger partial charge in [-0.05, 0) is 19.8 Å². The van der Waals surface area contributed by atoms with Crippen molar-refractivity contribution in [3.8, 4) is 0 Å². The Morgan fingerprint density at radius 1 is 1.05 bits per heavy atom. The maximum absolute atomic E-state index is 6.24. The summed E-state index contributed by atoms with van der Waals surface area (Å²) < 4.78 is 8.03. The minimum absolute atomic E-state index is 0.0197. The van der Waals surface area contributed by atoms with Crippen LogP contribution in [0.3, 0.4) is 0 Å². The van der Waals surface area contributed by atoms with Gasteiger partial charge in [-0.2, -0.15) is 5.10 Å². The molecule has 1 aromatic rings. The van der Waals surface area contributed by atoms with E-state index < -0.39 is 0 Å². The Balaban J connectivity index is 2.42. The van der Waals surface area contributed by atoms with E-state index in [0.29, 0.717) is 6.61 Å². The van der Waals surface area contributed by atoms with Gasteiger partial charge in [-0.15, -0.1) is 0 Å². The molecule has 0 spiro atoms. The van der Waals surface area contributed by atoms with Crippen LogP contribution in [0, 0.1) is 0 Å². The molecule has 0 saturated carbocycles. The molecule has 0 aliphatic carbocycles. The van der Waals surface area contributed by atoms with Crippen molar-refractivity contribution < 1.29 is 4.74 Å². The highest BCUT2D eigenvalue weighted by molar-refractivity contribution is 4.83. The fourth-order valence-corrected chi connectivity index (χ4v) is 2.61. The normalized spacial score (nSPS) is 14.3. The number of aryl methyl sites for hydroxylation is 1. The van der Waals surface area contributed by atoms with E-state index in [9.17, 15) is 0 Å². The lowest BCUT2D eigenvalue weighted by Gasteiger charge is -2.30. The third kappa shape index (κ3) is 7.07. The Labute approximate surface area is 130 Å². The molecule has 1 heterocycles.